The second-order valence-corrected chi connectivity index (χ2v) is 5.02. The summed E-state index contributed by atoms with van der Waals surface area (Å²) >= 11 is 0. The average molecular weight is 281 g/mol. The van der Waals surface area contributed by atoms with Gasteiger partial charge in [-0.2, -0.15) is 0 Å². The first-order valence-corrected chi connectivity index (χ1v) is 6.12. The topological polar surface area (TPSA) is 119 Å². The number of anilines is 1. The highest BCUT2D eigenvalue weighted by Gasteiger charge is 2.15. The molecule has 0 aromatic carbocycles. The third-order valence-corrected chi connectivity index (χ3v) is 2.02. The number of hydrogen-bond acceptors (Lipinski definition) is 6. The van der Waals surface area contributed by atoms with Crippen LogP contribution in [0.2, 0.25) is 0 Å². The molecule has 20 heavy (non-hydrogen) atoms. The first-order valence-electron chi connectivity index (χ1n) is 6.12. The number of nitrogens with one attached hydrogen (secondary N) is 2. The molecule has 0 atom stereocenters. The van der Waals surface area contributed by atoms with E-state index in [2.05, 4.69) is 20.8 Å². The fourth-order valence-corrected chi connectivity index (χ4v) is 1.23. The van der Waals surface area contributed by atoms with Crippen LogP contribution >= 0.6 is 0 Å². The fraction of sp³-hybridized carbons (Fsp3) is 0.500. The Bertz CT molecular complexity index is 467. The molecule has 0 saturated heterocycles. The number of alkyl carbamates (subject to hydrolysis) is 1. The van der Waals surface area contributed by atoms with Crippen LogP contribution in [0.15, 0.2) is 12.1 Å². The number of amides is 2. The van der Waals surface area contributed by atoms with Crippen LogP contribution in [0.3, 0.4) is 0 Å². The predicted octanol–water partition coefficient (Wildman–Crippen LogP) is 0.512. The van der Waals surface area contributed by atoms with Gasteiger partial charge in [0.1, 0.15) is 11.4 Å². The van der Waals surface area contributed by atoms with Gasteiger partial charge in [-0.3, -0.25) is 4.79 Å². The molecule has 0 fully saturated rings. The molecule has 0 spiro atoms. The maximum atomic E-state index is 11.3. The van der Waals surface area contributed by atoms with Crippen LogP contribution in [0.4, 0.5) is 10.6 Å². The summed E-state index contributed by atoms with van der Waals surface area (Å²) in [4.78, 5) is 22.1. The molecule has 1 heterocycles. The molecule has 0 unspecified atom stereocenters. The number of ether oxygens (including phenoxy) is 1. The highest BCUT2D eigenvalue weighted by Crippen LogP contribution is 2.06. The van der Waals surface area contributed by atoms with E-state index in [9.17, 15) is 9.59 Å². The lowest BCUT2D eigenvalue weighted by atomic mass is 10.2. The van der Waals surface area contributed by atoms with Gasteiger partial charge in [0.25, 0.3) is 5.91 Å². The fourth-order valence-electron chi connectivity index (χ4n) is 1.23. The number of nitrogens with zero attached hydrogens (tertiary/aromatic N) is 2. The summed E-state index contributed by atoms with van der Waals surface area (Å²) in [5.41, 5.74) is 4.63. The molecule has 1 rings (SSSR count). The molecule has 4 N–H and O–H groups in total. The van der Waals surface area contributed by atoms with Gasteiger partial charge in [0, 0.05) is 13.1 Å². The third-order valence-electron chi connectivity index (χ3n) is 2.02. The van der Waals surface area contributed by atoms with E-state index in [4.69, 9.17) is 10.5 Å². The van der Waals surface area contributed by atoms with Gasteiger partial charge < -0.3 is 21.1 Å². The molecular weight excluding hydrogens is 262 g/mol. The SMILES string of the molecule is CC(C)(C)OC(=O)NCCNc1ccc(C(N)=O)nn1. The normalized spacial score (nSPS) is 10.8. The standard InChI is InChI=1S/C12H19N5O3/c1-12(2,3)20-11(19)15-7-6-14-9-5-4-8(10(13)18)16-17-9/h4-5H,6-7H2,1-3H3,(H2,13,18)(H,14,17)(H,15,19). The van der Waals surface area contributed by atoms with Crippen LogP contribution < -0.4 is 16.4 Å². The number of hydrogen-bond donors (Lipinski definition) is 3. The molecule has 1 aromatic rings. The highest BCUT2D eigenvalue weighted by atomic mass is 16.6. The van der Waals surface area contributed by atoms with Crippen molar-refractivity contribution in [1.29, 1.82) is 0 Å². The number of rotatable bonds is 5. The van der Waals surface area contributed by atoms with Gasteiger partial charge >= 0.3 is 6.09 Å². The molecule has 1 aromatic heterocycles. The first-order chi connectivity index (χ1) is 9.28. The number of primary amides is 1. The van der Waals surface area contributed by atoms with Crippen LogP contribution in [-0.2, 0) is 4.74 Å². The lowest BCUT2D eigenvalue weighted by Crippen LogP contribution is -2.35. The summed E-state index contributed by atoms with van der Waals surface area (Å²) in [5.74, 6) is -0.142. The number of aromatic nitrogens is 2. The molecule has 8 nitrogen and oxygen atoms in total. The molecule has 110 valence electrons. The van der Waals surface area contributed by atoms with Crippen molar-refractivity contribution < 1.29 is 14.3 Å². The summed E-state index contributed by atoms with van der Waals surface area (Å²) in [6.45, 7) is 6.19. The van der Waals surface area contributed by atoms with Crippen LogP contribution in [0.25, 0.3) is 0 Å². The zero-order valence-electron chi connectivity index (χ0n) is 11.8. The smallest absolute Gasteiger partial charge is 0.407 e. The van der Waals surface area contributed by atoms with E-state index in [0.717, 1.165) is 0 Å². The Balaban J connectivity index is 2.27. The first kappa shape index (κ1) is 15.7. The Kier molecular flexibility index (Phi) is 5.24. The third kappa shape index (κ3) is 5.98. The Morgan fingerprint density at radius 3 is 2.45 bits per heavy atom. The average Bonchev–Trinajstić information content (AvgIpc) is 2.33. The van der Waals surface area contributed by atoms with Crippen molar-refractivity contribution in [1.82, 2.24) is 15.5 Å². The summed E-state index contributed by atoms with van der Waals surface area (Å²) in [7, 11) is 0. The van der Waals surface area contributed by atoms with Gasteiger partial charge in [0.05, 0.1) is 0 Å². The molecule has 0 aliphatic heterocycles. The minimum absolute atomic E-state index is 0.0995. The minimum Gasteiger partial charge on any atom is -0.444 e. The van der Waals surface area contributed by atoms with Crippen LogP contribution in [0.5, 0.6) is 0 Å². The Morgan fingerprint density at radius 1 is 1.25 bits per heavy atom. The molecule has 0 saturated carbocycles. The molecule has 8 heteroatoms. The van der Waals surface area contributed by atoms with Crippen molar-refractivity contribution in [2.75, 3.05) is 18.4 Å². The van der Waals surface area contributed by atoms with E-state index in [1.165, 1.54) is 6.07 Å². The van der Waals surface area contributed by atoms with E-state index in [0.29, 0.717) is 18.9 Å². The van der Waals surface area contributed by atoms with Gasteiger partial charge in [-0.05, 0) is 32.9 Å². The number of carbonyl (C=O) groups excluding carboxylic acids is 2. The van der Waals surface area contributed by atoms with E-state index in [-0.39, 0.29) is 5.69 Å². The van der Waals surface area contributed by atoms with Crippen molar-refractivity contribution in [3.05, 3.63) is 17.8 Å². The van der Waals surface area contributed by atoms with E-state index in [1.54, 1.807) is 26.8 Å². The highest BCUT2D eigenvalue weighted by molar-refractivity contribution is 5.90. The quantitative estimate of drug-likeness (QED) is 0.677. The van der Waals surface area contributed by atoms with Gasteiger partial charge in [-0.15, -0.1) is 10.2 Å². The molecule has 0 bridgehead atoms. The van der Waals surface area contributed by atoms with Gasteiger partial charge in [-0.25, -0.2) is 4.79 Å². The second kappa shape index (κ2) is 6.69. The summed E-state index contributed by atoms with van der Waals surface area (Å²) in [6.07, 6.45) is -0.477. The molecule has 0 aliphatic carbocycles. The van der Waals surface area contributed by atoms with Crippen LogP contribution in [0, 0.1) is 0 Å². The Hall–Kier alpha value is -2.38. The minimum atomic E-state index is -0.629. The van der Waals surface area contributed by atoms with Crippen LogP contribution in [0.1, 0.15) is 31.3 Å². The molecule has 2 amide bonds. The lowest BCUT2D eigenvalue weighted by molar-refractivity contribution is 0.0530. The van der Waals surface area contributed by atoms with Gasteiger partial charge in [-0.1, -0.05) is 0 Å². The van der Waals surface area contributed by atoms with Crippen molar-refractivity contribution in [3.8, 4) is 0 Å². The monoisotopic (exact) mass is 281 g/mol. The van der Waals surface area contributed by atoms with E-state index >= 15 is 0 Å². The zero-order chi connectivity index (χ0) is 15.2. The second-order valence-electron chi connectivity index (χ2n) is 5.02. The van der Waals surface area contributed by atoms with Gasteiger partial charge in [0.2, 0.25) is 0 Å². The number of nitrogens with two attached hydrogens (primary N) is 1. The van der Waals surface area contributed by atoms with Crippen molar-refractivity contribution in [2.45, 2.75) is 26.4 Å². The van der Waals surface area contributed by atoms with Crippen molar-refractivity contribution >= 4 is 17.8 Å². The van der Waals surface area contributed by atoms with Crippen LogP contribution in [-0.4, -0.2) is 40.9 Å². The number of carbonyl (C=O) groups is 2. The zero-order valence-corrected chi connectivity index (χ0v) is 11.8. The van der Waals surface area contributed by atoms with Crippen molar-refractivity contribution in [3.63, 3.8) is 0 Å². The summed E-state index contributed by atoms with van der Waals surface area (Å²) in [6, 6.07) is 3.06. The van der Waals surface area contributed by atoms with E-state index in [1.807, 2.05) is 0 Å². The molecule has 0 aliphatic rings. The summed E-state index contributed by atoms with van der Waals surface area (Å²) in [5, 5.41) is 12.9. The maximum Gasteiger partial charge on any atom is 0.407 e. The Labute approximate surface area is 117 Å². The largest absolute Gasteiger partial charge is 0.444 e. The summed E-state index contributed by atoms with van der Waals surface area (Å²) < 4.78 is 5.07. The Morgan fingerprint density at radius 2 is 1.95 bits per heavy atom. The van der Waals surface area contributed by atoms with Gasteiger partial charge in [0.15, 0.2) is 5.69 Å². The maximum absolute atomic E-state index is 11.3. The predicted molar refractivity (Wildman–Crippen MR) is 73.3 cm³/mol. The lowest BCUT2D eigenvalue weighted by Gasteiger charge is -2.19. The molecule has 0 radical (unpaired) electrons. The van der Waals surface area contributed by atoms with Crippen molar-refractivity contribution in [2.24, 2.45) is 5.73 Å². The molecular formula is C12H19N5O3. The van der Waals surface area contributed by atoms with E-state index < -0.39 is 17.6 Å².